The number of methoxy groups -OCH3 is 1. The topological polar surface area (TPSA) is 57.4 Å². The molecule has 100 valence electrons. The zero-order valence-electron chi connectivity index (χ0n) is 11.4. The molecule has 19 heavy (non-hydrogen) atoms. The van der Waals surface area contributed by atoms with Gasteiger partial charge in [-0.3, -0.25) is 0 Å². The van der Waals surface area contributed by atoms with Crippen LogP contribution in [0.4, 0.5) is 5.69 Å². The van der Waals surface area contributed by atoms with Crippen LogP contribution in [0.15, 0.2) is 30.5 Å². The minimum atomic E-state index is 0.509. The molecule has 0 aliphatic heterocycles. The van der Waals surface area contributed by atoms with Crippen molar-refractivity contribution in [2.24, 2.45) is 0 Å². The number of nitrogens with two attached hydrogens (primary N) is 1. The quantitative estimate of drug-likeness (QED) is 0.913. The molecule has 0 amide bonds. The van der Waals surface area contributed by atoms with Crippen LogP contribution in [0.5, 0.6) is 17.4 Å². The third-order valence-corrected chi connectivity index (χ3v) is 2.98. The summed E-state index contributed by atoms with van der Waals surface area (Å²) in [6, 6.07) is 7.69. The van der Waals surface area contributed by atoms with Gasteiger partial charge in [-0.1, -0.05) is 13.0 Å². The maximum Gasteiger partial charge on any atom is 0.219 e. The van der Waals surface area contributed by atoms with E-state index in [4.69, 9.17) is 15.2 Å². The van der Waals surface area contributed by atoms with Gasteiger partial charge in [0.2, 0.25) is 5.88 Å². The molecule has 0 saturated heterocycles. The van der Waals surface area contributed by atoms with Gasteiger partial charge in [-0.2, -0.15) is 0 Å². The van der Waals surface area contributed by atoms with Gasteiger partial charge in [0.1, 0.15) is 0 Å². The van der Waals surface area contributed by atoms with Gasteiger partial charge in [0.05, 0.1) is 19.0 Å². The highest BCUT2D eigenvalue weighted by Gasteiger charge is 2.08. The Balaban J connectivity index is 2.29. The number of anilines is 1. The van der Waals surface area contributed by atoms with E-state index in [0.717, 1.165) is 12.0 Å². The zero-order valence-corrected chi connectivity index (χ0v) is 11.4. The Kier molecular flexibility index (Phi) is 3.90. The summed E-state index contributed by atoms with van der Waals surface area (Å²) >= 11 is 0. The predicted molar refractivity (Wildman–Crippen MR) is 75.8 cm³/mol. The number of aryl methyl sites for hydroxylation is 2. The van der Waals surface area contributed by atoms with Crippen molar-refractivity contribution in [2.75, 3.05) is 12.8 Å². The summed E-state index contributed by atoms with van der Waals surface area (Å²) in [6.45, 7) is 4.02. The minimum absolute atomic E-state index is 0.509. The van der Waals surface area contributed by atoms with Gasteiger partial charge in [-0.25, -0.2) is 4.98 Å². The lowest BCUT2D eigenvalue weighted by molar-refractivity contribution is 0.373. The molecule has 0 aliphatic carbocycles. The zero-order chi connectivity index (χ0) is 13.8. The molecule has 1 aromatic carbocycles. The average molecular weight is 258 g/mol. The summed E-state index contributed by atoms with van der Waals surface area (Å²) in [4.78, 5) is 4.15. The maximum atomic E-state index is 5.74. The number of hydrogen-bond acceptors (Lipinski definition) is 4. The fourth-order valence-electron chi connectivity index (χ4n) is 1.73. The van der Waals surface area contributed by atoms with Crippen molar-refractivity contribution in [3.05, 3.63) is 41.6 Å². The monoisotopic (exact) mass is 258 g/mol. The second-order valence-corrected chi connectivity index (χ2v) is 4.32. The number of pyridine rings is 1. The van der Waals surface area contributed by atoms with E-state index in [1.807, 2.05) is 31.2 Å². The number of nitrogens with zero attached hydrogens (tertiary/aromatic N) is 1. The van der Waals surface area contributed by atoms with Crippen molar-refractivity contribution in [1.82, 2.24) is 4.98 Å². The van der Waals surface area contributed by atoms with E-state index in [1.165, 1.54) is 5.56 Å². The Labute approximate surface area is 113 Å². The molecular weight excluding hydrogens is 240 g/mol. The van der Waals surface area contributed by atoms with Crippen LogP contribution in [0, 0.1) is 6.92 Å². The highest BCUT2D eigenvalue weighted by molar-refractivity contribution is 5.48. The predicted octanol–water partition coefficient (Wildman–Crippen LogP) is 3.34. The Bertz CT molecular complexity index is 582. The average Bonchev–Trinajstić information content (AvgIpc) is 2.43. The van der Waals surface area contributed by atoms with Crippen LogP contribution in [0.3, 0.4) is 0 Å². The van der Waals surface area contributed by atoms with Crippen LogP contribution in [0.1, 0.15) is 18.1 Å². The molecule has 0 bridgehead atoms. The molecule has 4 heteroatoms. The summed E-state index contributed by atoms with van der Waals surface area (Å²) in [7, 11) is 1.63. The van der Waals surface area contributed by atoms with E-state index in [2.05, 4.69) is 11.9 Å². The van der Waals surface area contributed by atoms with Crippen LogP contribution >= 0.6 is 0 Å². The molecule has 1 aromatic heterocycles. The van der Waals surface area contributed by atoms with Crippen LogP contribution in [-0.4, -0.2) is 12.1 Å². The molecular formula is C15H18N2O2. The first kappa shape index (κ1) is 13.2. The Morgan fingerprint density at radius 3 is 2.63 bits per heavy atom. The van der Waals surface area contributed by atoms with Gasteiger partial charge in [-0.15, -0.1) is 0 Å². The van der Waals surface area contributed by atoms with E-state index in [0.29, 0.717) is 23.1 Å². The number of nitrogen functional groups attached to an aromatic ring is 1. The van der Waals surface area contributed by atoms with E-state index >= 15 is 0 Å². The van der Waals surface area contributed by atoms with E-state index in [1.54, 1.807) is 13.3 Å². The molecule has 0 unspecified atom stereocenters. The molecule has 2 N–H and O–H groups in total. The first-order chi connectivity index (χ1) is 9.13. The number of ether oxygens (including phenoxy) is 2. The summed E-state index contributed by atoms with van der Waals surface area (Å²) in [5.41, 5.74) is 8.53. The SMILES string of the molecule is CCc1ccc(Oc2cc(C)c(N)cn2)c(OC)c1. The van der Waals surface area contributed by atoms with E-state index in [9.17, 15) is 0 Å². The van der Waals surface area contributed by atoms with Crippen molar-refractivity contribution in [3.63, 3.8) is 0 Å². The van der Waals surface area contributed by atoms with Crippen molar-refractivity contribution < 1.29 is 9.47 Å². The molecule has 1 heterocycles. The highest BCUT2D eigenvalue weighted by Crippen LogP contribution is 2.32. The third-order valence-electron chi connectivity index (χ3n) is 2.98. The maximum absolute atomic E-state index is 5.74. The van der Waals surface area contributed by atoms with Gasteiger partial charge in [0.15, 0.2) is 11.5 Å². The van der Waals surface area contributed by atoms with Gasteiger partial charge in [-0.05, 0) is 36.6 Å². The molecule has 0 atom stereocenters. The number of aromatic nitrogens is 1. The largest absolute Gasteiger partial charge is 0.493 e. The first-order valence-electron chi connectivity index (χ1n) is 6.21. The number of hydrogen-bond donors (Lipinski definition) is 1. The Morgan fingerprint density at radius 2 is 2.00 bits per heavy atom. The third kappa shape index (κ3) is 2.96. The summed E-state index contributed by atoms with van der Waals surface area (Å²) < 4.78 is 11.1. The summed E-state index contributed by atoms with van der Waals surface area (Å²) in [6.07, 6.45) is 2.55. The molecule has 0 radical (unpaired) electrons. The van der Waals surface area contributed by atoms with Crippen molar-refractivity contribution in [2.45, 2.75) is 20.3 Å². The Hall–Kier alpha value is -2.23. The second-order valence-electron chi connectivity index (χ2n) is 4.32. The van der Waals surface area contributed by atoms with Crippen molar-refractivity contribution in [1.29, 1.82) is 0 Å². The second kappa shape index (κ2) is 5.61. The number of benzene rings is 1. The normalized spacial score (nSPS) is 10.3. The van der Waals surface area contributed by atoms with Gasteiger partial charge in [0, 0.05) is 6.07 Å². The molecule has 0 saturated carbocycles. The summed E-state index contributed by atoms with van der Waals surface area (Å²) in [5.74, 6) is 1.86. The van der Waals surface area contributed by atoms with Crippen molar-refractivity contribution in [3.8, 4) is 17.4 Å². The van der Waals surface area contributed by atoms with E-state index < -0.39 is 0 Å². The smallest absolute Gasteiger partial charge is 0.219 e. The lowest BCUT2D eigenvalue weighted by Gasteiger charge is -2.11. The molecule has 2 rings (SSSR count). The van der Waals surface area contributed by atoms with Gasteiger partial charge >= 0.3 is 0 Å². The van der Waals surface area contributed by atoms with Crippen LogP contribution < -0.4 is 15.2 Å². The lowest BCUT2D eigenvalue weighted by Crippen LogP contribution is -1.96. The fraction of sp³-hybridized carbons (Fsp3) is 0.267. The molecule has 0 fully saturated rings. The highest BCUT2D eigenvalue weighted by atomic mass is 16.5. The van der Waals surface area contributed by atoms with Crippen LogP contribution in [0.2, 0.25) is 0 Å². The number of rotatable bonds is 4. The molecule has 0 spiro atoms. The van der Waals surface area contributed by atoms with Crippen LogP contribution in [0.25, 0.3) is 0 Å². The lowest BCUT2D eigenvalue weighted by atomic mass is 10.1. The molecule has 0 aliphatic rings. The fourth-order valence-corrected chi connectivity index (χ4v) is 1.73. The van der Waals surface area contributed by atoms with Crippen LogP contribution in [-0.2, 0) is 6.42 Å². The van der Waals surface area contributed by atoms with Gasteiger partial charge < -0.3 is 15.2 Å². The Morgan fingerprint density at radius 1 is 1.21 bits per heavy atom. The molecule has 4 nitrogen and oxygen atoms in total. The van der Waals surface area contributed by atoms with E-state index in [-0.39, 0.29) is 0 Å². The minimum Gasteiger partial charge on any atom is -0.493 e. The van der Waals surface area contributed by atoms with Gasteiger partial charge in [0.25, 0.3) is 0 Å². The summed E-state index contributed by atoms with van der Waals surface area (Å²) in [5, 5.41) is 0. The standard InChI is InChI=1S/C15H18N2O2/c1-4-11-5-6-13(14(8-11)18-3)19-15-7-10(2)12(16)9-17-15/h5-9H,4,16H2,1-3H3. The first-order valence-corrected chi connectivity index (χ1v) is 6.21. The molecule has 2 aromatic rings. The van der Waals surface area contributed by atoms with Crippen molar-refractivity contribution >= 4 is 5.69 Å².